The highest BCUT2D eigenvalue weighted by Crippen LogP contribution is 2.42. The molecule has 0 saturated heterocycles. The molecule has 0 saturated carbocycles. The first-order valence-corrected chi connectivity index (χ1v) is 6.35. The smallest absolute Gasteiger partial charge is 0.176 e. The van der Waals surface area contributed by atoms with Crippen molar-refractivity contribution in [3.05, 3.63) is 53.1 Å². The van der Waals surface area contributed by atoms with E-state index in [2.05, 4.69) is 5.32 Å². The largest absolute Gasteiger partial charge is 0.483 e. The van der Waals surface area contributed by atoms with Gasteiger partial charge in [0.1, 0.15) is 11.9 Å². The lowest BCUT2D eigenvalue weighted by atomic mass is 9.93. The number of nitrogens with zero attached hydrogens (tertiary/aromatic N) is 1. The summed E-state index contributed by atoms with van der Waals surface area (Å²) < 4.78 is 5.94. The van der Waals surface area contributed by atoms with E-state index in [1.807, 2.05) is 48.7 Å². The summed E-state index contributed by atoms with van der Waals surface area (Å²) in [5, 5.41) is 12.0. The predicted molar refractivity (Wildman–Crippen MR) is 73.9 cm³/mol. The Hall–Kier alpha value is -2.18. The summed E-state index contributed by atoms with van der Waals surface area (Å²) in [5.41, 5.74) is 3.17. The molecule has 3 rings (SSSR count). The molecule has 0 aromatic heterocycles. The highest BCUT2D eigenvalue weighted by atomic mass is 35.5. The van der Waals surface area contributed by atoms with Gasteiger partial charge in [0.2, 0.25) is 0 Å². The Bertz CT molecular complexity index is 663. The van der Waals surface area contributed by atoms with Gasteiger partial charge in [0.15, 0.2) is 6.19 Å². The van der Waals surface area contributed by atoms with Crippen LogP contribution in [-0.2, 0) is 0 Å². The number of hydrogen-bond donors (Lipinski definition) is 1. The predicted octanol–water partition coefficient (Wildman–Crippen LogP) is 3.51. The van der Waals surface area contributed by atoms with Crippen LogP contribution < -0.4 is 10.1 Å². The summed E-state index contributed by atoms with van der Waals surface area (Å²) in [4.78, 5) is 0. The topological polar surface area (TPSA) is 45.0 Å². The van der Waals surface area contributed by atoms with E-state index in [9.17, 15) is 0 Å². The van der Waals surface area contributed by atoms with Crippen molar-refractivity contribution in [3.8, 4) is 23.1 Å². The molecule has 1 aliphatic heterocycles. The molecular weight excluding hydrogens is 260 g/mol. The van der Waals surface area contributed by atoms with E-state index in [1.54, 1.807) is 0 Å². The molecule has 1 N–H and O–H groups in total. The van der Waals surface area contributed by atoms with Gasteiger partial charge in [0.25, 0.3) is 0 Å². The molecule has 4 heteroatoms. The van der Waals surface area contributed by atoms with Gasteiger partial charge in [0.05, 0.1) is 6.54 Å². The lowest BCUT2D eigenvalue weighted by Gasteiger charge is -2.28. The molecule has 3 nitrogen and oxygen atoms in total. The molecule has 2 aromatic carbocycles. The molecule has 0 fully saturated rings. The third-order valence-electron chi connectivity index (χ3n) is 3.18. The maximum Gasteiger partial charge on any atom is 0.176 e. The quantitative estimate of drug-likeness (QED) is 0.671. The molecule has 2 aromatic rings. The van der Waals surface area contributed by atoms with Crippen molar-refractivity contribution in [2.45, 2.75) is 6.10 Å². The highest BCUT2D eigenvalue weighted by molar-refractivity contribution is 6.31. The minimum Gasteiger partial charge on any atom is -0.483 e. The number of hydrogen-bond acceptors (Lipinski definition) is 3. The molecule has 1 unspecified atom stereocenters. The number of rotatable bonds is 2. The van der Waals surface area contributed by atoms with Crippen molar-refractivity contribution < 1.29 is 4.74 Å². The Morgan fingerprint density at radius 2 is 2.05 bits per heavy atom. The van der Waals surface area contributed by atoms with Crippen LogP contribution in [0.25, 0.3) is 11.1 Å². The van der Waals surface area contributed by atoms with Crippen LogP contribution >= 0.6 is 11.6 Å². The summed E-state index contributed by atoms with van der Waals surface area (Å²) in [7, 11) is 0. The summed E-state index contributed by atoms with van der Waals surface area (Å²) in [6.45, 7) is 0.454. The zero-order valence-electron chi connectivity index (χ0n) is 10.1. The average molecular weight is 271 g/mol. The van der Waals surface area contributed by atoms with Crippen molar-refractivity contribution in [3.63, 3.8) is 0 Å². The van der Waals surface area contributed by atoms with Gasteiger partial charge in [0, 0.05) is 16.1 Å². The fourth-order valence-electron chi connectivity index (χ4n) is 2.35. The Kier molecular flexibility index (Phi) is 3.02. The Morgan fingerprint density at radius 3 is 2.89 bits per heavy atom. The van der Waals surface area contributed by atoms with Crippen LogP contribution in [0.1, 0.15) is 11.7 Å². The van der Waals surface area contributed by atoms with E-state index in [1.165, 1.54) is 0 Å². The second-order valence-electron chi connectivity index (χ2n) is 4.33. The first-order valence-electron chi connectivity index (χ1n) is 5.97. The van der Waals surface area contributed by atoms with Crippen LogP contribution in [0.4, 0.5) is 0 Å². The monoisotopic (exact) mass is 270 g/mol. The second-order valence-corrected chi connectivity index (χ2v) is 4.76. The van der Waals surface area contributed by atoms with Gasteiger partial charge in [-0.1, -0.05) is 35.9 Å². The highest BCUT2D eigenvalue weighted by Gasteiger charge is 2.25. The molecule has 1 aliphatic rings. The van der Waals surface area contributed by atoms with Crippen LogP contribution in [0.5, 0.6) is 5.75 Å². The van der Waals surface area contributed by atoms with Crippen LogP contribution in [0.15, 0.2) is 42.5 Å². The minimum absolute atomic E-state index is 0.162. The number of ether oxygens (including phenoxy) is 1. The fourth-order valence-corrected chi connectivity index (χ4v) is 2.52. The summed E-state index contributed by atoms with van der Waals surface area (Å²) in [6, 6.07) is 13.6. The van der Waals surface area contributed by atoms with E-state index >= 15 is 0 Å². The van der Waals surface area contributed by atoms with Gasteiger partial charge in [-0.05, 0) is 23.8 Å². The van der Waals surface area contributed by atoms with Crippen molar-refractivity contribution >= 4 is 11.6 Å². The SMILES string of the molecule is N#CNCC1Oc2ccc(Cl)cc2-c2ccccc21. The van der Waals surface area contributed by atoms with Crippen LogP contribution in [0.2, 0.25) is 5.02 Å². The first kappa shape index (κ1) is 11.9. The number of halogens is 1. The van der Waals surface area contributed by atoms with Gasteiger partial charge in [-0.15, -0.1) is 0 Å². The standard InChI is InChI=1S/C15H11ClN2O/c16-10-5-6-14-13(7-10)11-3-1-2-4-12(11)15(19-14)8-18-9-17/h1-7,15,18H,8H2. The third-order valence-corrected chi connectivity index (χ3v) is 3.41. The number of nitrogens with one attached hydrogen (secondary N) is 1. The van der Waals surface area contributed by atoms with E-state index < -0.39 is 0 Å². The van der Waals surface area contributed by atoms with Crippen molar-refractivity contribution in [2.75, 3.05) is 6.54 Å². The lowest BCUT2D eigenvalue weighted by Crippen LogP contribution is -2.24. The maximum atomic E-state index is 8.64. The van der Waals surface area contributed by atoms with E-state index in [0.717, 1.165) is 22.4 Å². The number of fused-ring (bicyclic) bond motifs is 3. The van der Waals surface area contributed by atoms with E-state index in [0.29, 0.717) is 11.6 Å². The summed E-state index contributed by atoms with van der Waals surface area (Å²) >= 11 is 6.05. The van der Waals surface area contributed by atoms with E-state index in [-0.39, 0.29) is 6.10 Å². The van der Waals surface area contributed by atoms with Crippen molar-refractivity contribution in [1.29, 1.82) is 5.26 Å². The van der Waals surface area contributed by atoms with Gasteiger partial charge in [-0.3, -0.25) is 0 Å². The normalized spacial score (nSPS) is 15.7. The zero-order chi connectivity index (χ0) is 13.2. The molecule has 0 aliphatic carbocycles. The van der Waals surface area contributed by atoms with Crippen molar-refractivity contribution in [1.82, 2.24) is 5.32 Å². The maximum absolute atomic E-state index is 8.64. The van der Waals surface area contributed by atoms with Crippen LogP contribution in [-0.4, -0.2) is 6.54 Å². The minimum atomic E-state index is -0.162. The Morgan fingerprint density at radius 1 is 1.21 bits per heavy atom. The molecule has 0 radical (unpaired) electrons. The van der Waals surface area contributed by atoms with Gasteiger partial charge in [-0.2, -0.15) is 5.26 Å². The van der Waals surface area contributed by atoms with Crippen LogP contribution in [0, 0.1) is 11.5 Å². The first-order chi connectivity index (χ1) is 9.29. The Balaban J connectivity index is 2.10. The van der Waals surface area contributed by atoms with E-state index in [4.69, 9.17) is 21.6 Å². The summed E-state index contributed by atoms with van der Waals surface area (Å²) in [5.74, 6) is 0.799. The second kappa shape index (κ2) is 4.83. The third kappa shape index (κ3) is 2.11. The molecule has 1 atom stereocenters. The molecule has 1 heterocycles. The molecule has 19 heavy (non-hydrogen) atoms. The van der Waals surface area contributed by atoms with Gasteiger partial charge >= 0.3 is 0 Å². The zero-order valence-corrected chi connectivity index (χ0v) is 10.8. The van der Waals surface area contributed by atoms with Crippen LogP contribution in [0.3, 0.4) is 0 Å². The van der Waals surface area contributed by atoms with Gasteiger partial charge in [-0.25, -0.2) is 0 Å². The summed E-state index contributed by atoms with van der Waals surface area (Å²) in [6.07, 6.45) is 1.77. The molecule has 94 valence electrons. The average Bonchev–Trinajstić information content (AvgIpc) is 2.45. The van der Waals surface area contributed by atoms with Gasteiger partial charge < -0.3 is 10.1 Å². The molecule has 0 amide bonds. The lowest BCUT2D eigenvalue weighted by molar-refractivity contribution is 0.204. The number of nitriles is 1. The van der Waals surface area contributed by atoms with Crippen molar-refractivity contribution in [2.24, 2.45) is 0 Å². The number of benzene rings is 2. The fraction of sp³-hybridized carbons (Fsp3) is 0.133. The molecular formula is C15H11ClN2O. The molecule has 0 spiro atoms. The Labute approximate surface area is 116 Å². The molecule has 0 bridgehead atoms.